The second-order valence-corrected chi connectivity index (χ2v) is 2.61. The van der Waals surface area contributed by atoms with Gasteiger partial charge in [0.15, 0.2) is 0 Å². The van der Waals surface area contributed by atoms with Crippen LogP contribution >= 0.6 is 0 Å². The molecule has 1 nitrogen and oxygen atoms in total. The van der Waals surface area contributed by atoms with Gasteiger partial charge >= 0.3 is 0 Å². The van der Waals surface area contributed by atoms with Gasteiger partial charge in [0.05, 0.1) is 0 Å². The first kappa shape index (κ1) is 5.10. The third kappa shape index (κ3) is 0.942. The van der Waals surface area contributed by atoms with Crippen LogP contribution in [0.25, 0.3) is 0 Å². The fraction of sp³-hybridized carbons (Fsp3) is 1.00. The highest BCUT2D eigenvalue weighted by Crippen LogP contribution is 2.13. The minimum absolute atomic E-state index is 0.903. The molecule has 0 unspecified atom stereocenters. The van der Waals surface area contributed by atoms with Crippen LogP contribution in [0.1, 0.15) is 13.8 Å². The second kappa shape index (κ2) is 1.83. The monoisotopic (exact) mass is 99.1 g/mol. The average Bonchev–Trinajstić information content (AvgIpc) is 1.91. The van der Waals surface area contributed by atoms with Gasteiger partial charge in [0.2, 0.25) is 0 Å². The maximum absolute atomic E-state index is 3.32. The van der Waals surface area contributed by atoms with Gasteiger partial charge in [0.1, 0.15) is 0 Å². The molecule has 1 N–H and O–H groups in total. The standard InChI is InChI=1S/C6H13N/c1-5-3-7-4-6(5)2/h5-7H,3-4H2,1-2H3/t5-,6-/m1/s1. The van der Waals surface area contributed by atoms with Gasteiger partial charge in [-0.15, -0.1) is 0 Å². The lowest BCUT2D eigenvalue weighted by atomic mass is 10.0. The molecule has 0 aromatic carbocycles. The molecule has 0 aromatic heterocycles. The van der Waals surface area contributed by atoms with Gasteiger partial charge in [-0.2, -0.15) is 0 Å². The van der Waals surface area contributed by atoms with Crippen molar-refractivity contribution in [3.8, 4) is 0 Å². The predicted octanol–water partition coefficient (Wildman–Crippen LogP) is 0.862. The Morgan fingerprint density at radius 2 is 1.57 bits per heavy atom. The minimum atomic E-state index is 0.903. The van der Waals surface area contributed by atoms with Crippen molar-refractivity contribution in [3.63, 3.8) is 0 Å². The summed E-state index contributed by atoms with van der Waals surface area (Å²) in [4.78, 5) is 0. The second-order valence-electron chi connectivity index (χ2n) is 2.61. The molecule has 42 valence electrons. The van der Waals surface area contributed by atoms with Crippen LogP contribution in [0, 0.1) is 11.8 Å². The third-order valence-electron chi connectivity index (χ3n) is 1.90. The van der Waals surface area contributed by atoms with Gasteiger partial charge in [-0.1, -0.05) is 13.8 Å². The van der Waals surface area contributed by atoms with Gasteiger partial charge in [0.25, 0.3) is 0 Å². The number of hydrogen-bond donors (Lipinski definition) is 1. The van der Waals surface area contributed by atoms with Crippen LogP contribution in [0.15, 0.2) is 0 Å². The highest BCUT2D eigenvalue weighted by atomic mass is 14.9. The van der Waals surface area contributed by atoms with Gasteiger partial charge in [-0.05, 0) is 24.9 Å². The molecule has 1 saturated heterocycles. The maximum Gasteiger partial charge on any atom is -0.00200 e. The lowest BCUT2D eigenvalue weighted by Gasteiger charge is -2.03. The Morgan fingerprint density at radius 1 is 1.14 bits per heavy atom. The van der Waals surface area contributed by atoms with Gasteiger partial charge < -0.3 is 5.32 Å². The highest BCUT2D eigenvalue weighted by molar-refractivity contribution is 4.73. The van der Waals surface area contributed by atoms with Crippen LogP contribution in [-0.2, 0) is 0 Å². The number of hydrogen-bond acceptors (Lipinski definition) is 1. The van der Waals surface area contributed by atoms with Crippen LogP contribution < -0.4 is 5.32 Å². The molecule has 0 aliphatic carbocycles. The van der Waals surface area contributed by atoms with E-state index in [1.807, 2.05) is 0 Å². The van der Waals surface area contributed by atoms with E-state index in [-0.39, 0.29) is 0 Å². The normalized spacial score (nSPS) is 42.0. The lowest BCUT2D eigenvalue weighted by Crippen LogP contribution is -2.06. The molecule has 2 atom stereocenters. The molecule has 0 bridgehead atoms. The molecule has 0 amide bonds. The van der Waals surface area contributed by atoms with E-state index >= 15 is 0 Å². The smallest absolute Gasteiger partial charge is 0.00200 e. The summed E-state index contributed by atoms with van der Waals surface area (Å²) in [6.45, 7) is 7.04. The highest BCUT2D eigenvalue weighted by Gasteiger charge is 2.16. The van der Waals surface area contributed by atoms with E-state index in [0.29, 0.717) is 0 Å². The zero-order valence-corrected chi connectivity index (χ0v) is 5.07. The van der Waals surface area contributed by atoms with E-state index in [1.54, 1.807) is 0 Å². The molecule has 1 heteroatoms. The Hall–Kier alpha value is -0.0400. The van der Waals surface area contributed by atoms with E-state index in [2.05, 4.69) is 19.2 Å². The SMILES string of the molecule is C[C@@H]1CNC[C@H]1C. The Morgan fingerprint density at radius 3 is 1.71 bits per heavy atom. The number of rotatable bonds is 0. The Balaban J connectivity index is 2.33. The van der Waals surface area contributed by atoms with Gasteiger partial charge in [-0.3, -0.25) is 0 Å². The minimum Gasteiger partial charge on any atom is -0.316 e. The van der Waals surface area contributed by atoms with Gasteiger partial charge in [-0.25, -0.2) is 0 Å². The van der Waals surface area contributed by atoms with E-state index in [0.717, 1.165) is 11.8 Å². The molecular formula is C6H13N. The zero-order valence-electron chi connectivity index (χ0n) is 5.07. The summed E-state index contributed by atoms with van der Waals surface area (Å²) in [5.41, 5.74) is 0. The van der Waals surface area contributed by atoms with Crippen LogP contribution in [0.5, 0.6) is 0 Å². The predicted molar refractivity (Wildman–Crippen MR) is 31.2 cm³/mol. The first-order chi connectivity index (χ1) is 3.30. The molecule has 0 saturated carbocycles. The Kier molecular flexibility index (Phi) is 1.33. The molecule has 1 aliphatic rings. The molecule has 0 spiro atoms. The van der Waals surface area contributed by atoms with Crippen molar-refractivity contribution in [1.82, 2.24) is 5.32 Å². The molecule has 1 fully saturated rings. The van der Waals surface area contributed by atoms with Crippen molar-refractivity contribution in [3.05, 3.63) is 0 Å². The molecule has 1 heterocycles. The summed E-state index contributed by atoms with van der Waals surface area (Å²) < 4.78 is 0. The van der Waals surface area contributed by atoms with E-state index in [4.69, 9.17) is 0 Å². The summed E-state index contributed by atoms with van der Waals surface area (Å²) in [6.07, 6.45) is 0. The first-order valence-corrected chi connectivity index (χ1v) is 3.01. The molecule has 0 radical (unpaired) electrons. The van der Waals surface area contributed by atoms with Crippen LogP contribution in [0.3, 0.4) is 0 Å². The third-order valence-corrected chi connectivity index (χ3v) is 1.90. The van der Waals surface area contributed by atoms with E-state index in [9.17, 15) is 0 Å². The molecule has 0 aromatic rings. The van der Waals surface area contributed by atoms with Crippen molar-refractivity contribution in [2.75, 3.05) is 13.1 Å². The quantitative estimate of drug-likeness (QED) is 0.475. The summed E-state index contributed by atoms with van der Waals surface area (Å²) in [5.74, 6) is 1.81. The van der Waals surface area contributed by atoms with Crippen LogP contribution in [0.2, 0.25) is 0 Å². The van der Waals surface area contributed by atoms with Crippen molar-refractivity contribution in [1.29, 1.82) is 0 Å². The van der Waals surface area contributed by atoms with E-state index < -0.39 is 0 Å². The van der Waals surface area contributed by atoms with Crippen molar-refractivity contribution >= 4 is 0 Å². The van der Waals surface area contributed by atoms with E-state index in [1.165, 1.54) is 13.1 Å². The van der Waals surface area contributed by atoms with Crippen molar-refractivity contribution in [2.45, 2.75) is 13.8 Å². The van der Waals surface area contributed by atoms with Crippen molar-refractivity contribution < 1.29 is 0 Å². The lowest BCUT2D eigenvalue weighted by molar-refractivity contribution is 0.494. The fourth-order valence-electron chi connectivity index (χ4n) is 0.941. The fourth-order valence-corrected chi connectivity index (χ4v) is 0.941. The molecule has 1 aliphatic heterocycles. The largest absolute Gasteiger partial charge is 0.316 e. The van der Waals surface area contributed by atoms with Gasteiger partial charge in [0, 0.05) is 0 Å². The van der Waals surface area contributed by atoms with Crippen molar-refractivity contribution in [2.24, 2.45) is 11.8 Å². The Labute approximate surface area is 45.1 Å². The summed E-state index contributed by atoms with van der Waals surface area (Å²) in [6, 6.07) is 0. The van der Waals surface area contributed by atoms with Crippen LogP contribution in [0.4, 0.5) is 0 Å². The molecule has 1 rings (SSSR count). The molecule has 7 heavy (non-hydrogen) atoms. The summed E-state index contributed by atoms with van der Waals surface area (Å²) in [7, 11) is 0. The maximum atomic E-state index is 3.32. The Bertz CT molecular complexity index is 53.2. The first-order valence-electron chi connectivity index (χ1n) is 3.01. The number of nitrogens with one attached hydrogen (secondary N) is 1. The average molecular weight is 99.2 g/mol. The topological polar surface area (TPSA) is 12.0 Å². The summed E-state index contributed by atoms with van der Waals surface area (Å²) in [5, 5.41) is 3.32. The summed E-state index contributed by atoms with van der Waals surface area (Å²) >= 11 is 0. The zero-order chi connectivity index (χ0) is 5.28. The van der Waals surface area contributed by atoms with Crippen LogP contribution in [-0.4, -0.2) is 13.1 Å². The molecular weight excluding hydrogens is 86.1 g/mol.